The van der Waals surface area contributed by atoms with Gasteiger partial charge < -0.3 is 19.2 Å². The van der Waals surface area contributed by atoms with Crippen molar-refractivity contribution in [1.29, 1.82) is 0 Å². The van der Waals surface area contributed by atoms with Crippen molar-refractivity contribution in [1.82, 2.24) is 9.66 Å². The van der Waals surface area contributed by atoms with E-state index in [4.69, 9.17) is 9.47 Å². The summed E-state index contributed by atoms with van der Waals surface area (Å²) >= 11 is 2.02. The summed E-state index contributed by atoms with van der Waals surface area (Å²) in [5, 5.41) is 4.37. The van der Waals surface area contributed by atoms with Crippen LogP contribution in [0.3, 0.4) is 0 Å². The maximum atomic E-state index is 12.5. The number of carbonyl (C=O) groups excluding carboxylic acids is 1. The standard InChI is InChI=1S/C19H16IN3O6/c1-27-15-8-11(7-13(20)17(15)29-10-16(24)28-2)9-21-23-18(25)12-5-3-4-6-14(12)22-19(23)26/h3-9H,10H2,1-2H3,(H,22,26). The number of ether oxygens (including phenoxy) is 3. The van der Waals surface area contributed by atoms with Gasteiger partial charge in [-0.3, -0.25) is 4.79 Å². The lowest BCUT2D eigenvalue weighted by Gasteiger charge is -2.12. The van der Waals surface area contributed by atoms with Gasteiger partial charge >= 0.3 is 11.7 Å². The third-order valence-electron chi connectivity index (χ3n) is 3.92. The van der Waals surface area contributed by atoms with Crippen molar-refractivity contribution >= 4 is 45.7 Å². The molecule has 9 nitrogen and oxygen atoms in total. The average molecular weight is 509 g/mol. The van der Waals surface area contributed by atoms with Crippen LogP contribution >= 0.6 is 22.6 Å². The Morgan fingerprint density at radius 1 is 1.24 bits per heavy atom. The maximum Gasteiger partial charge on any atom is 0.349 e. The molecule has 0 fully saturated rings. The topological polar surface area (TPSA) is 112 Å². The Hall–Kier alpha value is -3.15. The minimum Gasteiger partial charge on any atom is -0.493 e. The molecule has 0 bridgehead atoms. The van der Waals surface area contributed by atoms with E-state index in [1.807, 2.05) is 22.6 Å². The Balaban J connectivity index is 1.96. The molecule has 3 aromatic rings. The van der Waals surface area contributed by atoms with Crippen LogP contribution in [-0.4, -0.2) is 42.7 Å². The second-order valence-corrected chi connectivity index (χ2v) is 6.90. The molecule has 0 atom stereocenters. The van der Waals surface area contributed by atoms with Gasteiger partial charge in [0.05, 0.1) is 34.9 Å². The largest absolute Gasteiger partial charge is 0.493 e. The summed E-state index contributed by atoms with van der Waals surface area (Å²) in [5.74, 6) is 0.210. The number of methoxy groups -OCH3 is 2. The first-order valence-electron chi connectivity index (χ1n) is 8.30. The number of H-pyrrole nitrogens is 1. The summed E-state index contributed by atoms with van der Waals surface area (Å²) in [6, 6.07) is 10.0. The summed E-state index contributed by atoms with van der Waals surface area (Å²) in [5.41, 5.74) is -0.168. The number of aromatic amines is 1. The van der Waals surface area contributed by atoms with Gasteiger partial charge in [0.15, 0.2) is 18.1 Å². The Morgan fingerprint density at radius 2 is 2.00 bits per heavy atom. The number of hydrogen-bond donors (Lipinski definition) is 1. The van der Waals surface area contributed by atoms with Crippen LogP contribution in [0.4, 0.5) is 0 Å². The molecule has 3 rings (SSSR count). The number of benzene rings is 2. The molecule has 0 aliphatic heterocycles. The lowest BCUT2D eigenvalue weighted by atomic mass is 10.2. The van der Waals surface area contributed by atoms with Crippen molar-refractivity contribution in [2.75, 3.05) is 20.8 Å². The molecule has 0 saturated heterocycles. The number of fused-ring (bicyclic) bond motifs is 1. The van der Waals surface area contributed by atoms with E-state index >= 15 is 0 Å². The van der Waals surface area contributed by atoms with E-state index in [2.05, 4.69) is 14.8 Å². The molecule has 0 aliphatic carbocycles. The van der Waals surface area contributed by atoms with E-state index < -0.39 is 17.2 Å². The van der Waals surface area contributed by atoms with Crippen molar-refractivity contribution in [2.24, 2.45) is 5.10 Å². The monoisotopic (exact) mass is 509 g/mol. The number of rotatable bonds is 6. The quantitative estimate of drug-likeness (QED) is 0.308. The first kappa shape index (κ1) is 20.6. The Bertz CT molecular complexity index is 1210. The van der Waals surface area contributed by atoms with Gasteiger partial charge in [0, 0.05) is 0 Å². The molecule has 0 amide bonds. The number of hydrogen-bond acceptors (Lipinski definition) is 7. The van der Waals surface area contributed by atoms with E-state index in [1.54, 1.807) is 36.4 Å². The highest BCUT2D eigenvalue weighted by Gasteiger charge is 2.13. The van der Waals surface area contributed by atoms with Crippen LogP contribution < -0.4 is 20.7 Å². The smallest absolute Gasteiger partial charge is 0.349 e. The third kappa shape index (κ3) is 4.47. The molecular weight excluding hydrogens is 493 g/mol. The van der Waals surface area contributed by atoms with Crippen LogP contribution in [0.25, 0.3) is 10.9 Å². The second kappa shape index (κ2) is 8.90. The molecule has 10 heteroatoms. The number of halogens is 1. The zero-order valence-electron chi connectivity index (χ0n) is 15.5. The third-order valence-corrected chi connectivity index (χ3v) is 4.72. The molecule has 29 heavy (non-hydrogen) atoms. The summed E-state index contributed by atoms with van der Waals surface area (Å²) in [4.78, 5) is 38.6. The molecule has 1 aromatic heterocycles. The fourth-order valence-electron chi connectivity index (χ4n) is 2.53. The van der Waals surface area contributed by atoms with Gasteiger partial charge in [0.25, 0.3) is 5.56 Å². The zero-order valence-corrected chi connectivity index (χ0v) is 17.6. The molecule has 0 radical (unpaired) electrons. The zero-order chi connectivity index (χ0) is 21.0. The Labute approximate surface area is 178 Å². The van der Waals surface area contributed by atoms with Crippen LogP contribution in [-0.2, 0) is 9.53 Å². The molecular formula is C19H16IN3O6. The maximum absolute atomic E-state index is 12.5. The number of carbonyl (C=O) groups is 1. The molecule has 0 spiro atoms. The van der Waals surface area contributed by atoms with Gasteiger partial charge in [-0.05, 0) is 52.4 Å². The van der Waals surface area contributed by atoms with Gasteiger partial charge in [-0.1, -0.05) is 12.1 Å². The van der Waals surface area contributed by atoms with E-state index in [0.717, 1.165) is 4.68 Å². The molecule has 2 aromatic carbocycles. The van der Waals surface area contributed by atoms with Crippen molar-refractivity contribution in [2.45, 2.75) is 0 Å². The van der Waals surface area contributed by atoms with Gasteiger partial charge in [-0.25, -0.2) is 9.59 Å². The van der Waals surface area contributed by atoms with E-state index in [1.165, 1.54) is 20.4 Å². The summed E-state index contributed by atoms with van der Waals surface area (Å²) in [7, 11) is 2.72. The van der Waals surface area contributed by atoms with E-state index in [9.17, 15) is 14.4 Å². The number of esters is 1. The van der Waals surface area contributed by atoms with Crippen molar-refractivity contribution < 1.29 is 19.0 Å². The molecule has 150 valence electrons. The second-order valence-electron chi connectivity index (χ2n) is 5.74. The summed E-state index contributed by atoms with van der Waals surface area (Å²) in [6.45, 7) is -0.266. The number of aromatic nitrogens is 2. The van der Waals surface area contributed by atoms with Crippen LogP contribution in [0.5, 0.6) is 11.5 Å². The van der Waals surface area contributed by atoms with Crippen LogP contribution in [0, 0.1) is 3.57 Å². The number of nitrogens with zero attached hydrogens (tertiary/aromatic N) is 2. The van der Waals surface area contributed by atoms with Crippen molar-refractivity contribution in [3.8, 4) is 11.5 Å². The number of nitrogens with one attached hydrogen (secondary N) is 1. The normalized spacial score (nSPS) is 11.0. The van der Waals surface area contributed by atoms with Crippen molar-refractivity contribution in [3.63, 3.8) is 0 Å². The SMILES string of the molecule is COC(=O)COc1c(I)cc(C=Nn2c(=O)[nH]c3ccccc3c2=O)cc1OC. The fourth-order valence-corrected chi connectivity index (χ4v) is 3.31. The summed E-state index contributed by atoms with van der Waals surface area (Å²) < 4.78 is 16.7. The van der Waals surface area contributed by atoms with Gasteiger partial charge in [0.2, 0.25) is 0 Å². The fraction of sp³-hybridized carbons (Fsp3) is 0.158. The highest BCUT2D eigenvalue weighted by Crippen LogP contribution is 2.33. The summed E-state index contributed by atoms with van der Waals surface area (Å²) in [6.07, 6.45) is 1.36. The molecule has 0 aliphatic rings. The van der Waals surface area contributed by atoms with Crippen LogP contribution in [0.15, 0.2) is 51.1 Å². The first-order valence-corrected chi connectivity index (χ1v) is 9.38. The molecule has 1 N–H and O–H groups in total. The average Bonchev–Trinajstić information content (AvgIpc) is 2.72. The minimum atomic E-state index is -0.648. The van der Waals surface area contributed by atoms with Crippen LogP contribution in [0.2, 0.25) is 0 Å². The Morgan fingerprint density at radius 3 is 2.72 bits per heavy atom. The highest BCUT2D eigenvalue weighted by atomic mass is 127. The van der Waals surface area contributed by atoms with Crippen molar-refractivity contribution in [3.05, 3.63) is 66.4 Å². The van der Waals surface area contributed by atoms with Gasteiger partial charge in [-0.15, -0.1) is 4.68 Å². The molecule has 0 unspecified atom stereocenters. The number of para-hydroxylation sites is 1. The minimum absolute atomic E-state index is 0.266. The first-order chi connectivity index (χ1) is 13.9. The van der Waals surface area contributed by atoms with Crippen LogP contribution in [0.1, 0.15) is 5.56 Å². The molecule has 0 saturated carbocycles. The van der Waals surface area contributed by atoms with Gasteiger partial charge in [0.1, 0.15) is 0 Å². The van der Waals surface area contributed by atoms with E-state index in [0.29, 0.717) is 31.5 Å². The highest BCUT2D eigenvalue weighted by molar-refractivity contribution is 14.1. The predicted octanol–water partition coefficient (Wildman–Crippen LogP) is 1.74. The Kier molecular flexibility index (Phi) is 6.32. The lowest BCUT2D eigenvalue weighted by molar-refractivity contribution is -0.142. The lowest BCUT2D eigenvalue weighted by Crippen LogP contribution is -2.32. The molecule has 1 heterocycles. The van der Waals surface area contributed by atoms with Gasteiger partial charge in [-0.2, -0.15) is 5.10 Å². The predicted molar refractivity (Wildman–Crippen MR) is 115 cm³/mol. The van der Waals surface area contributed by atoms with E-state index in [-0.39, 0.29) is 6.61 Å².